The van der Waals surface area contributed by atoms with Gasteiger partial charge in [-0.05, 0) is 45.7 Å². The van der Waals surface area contributed by atoms with Crippen LogP contribution in [0.4, 0.5) is 0 Å². The minimum atomic E-state index is 0.775. The second-order valence-corrected chi connectivity index (χ2v) is 5.29. The average molecular weight is 250 g/mol. The molecule has 0 spiro atoms. The van der Waals surface area contributed by atoms with Gasteiger partial charge in [0.1, 0.15) is 0 Å². The van der Waals surface area contributed by atoms with Crippen LogP contribution in [0.2, 0.25) is 0 Å². The van der Waals surface area contributed by atoms with Crippen molar-refractivity contribution >= 4 is 0 Å². The summed E-state index contributed by atoms with van der Waals surface area (Å²) in [6.07, 6.45) is 5.18. The molecule has 1 aliphatic carbocycles. The Hall–Kier alpha value is -0.870. The Kier molecular flexibility index (Phi) is 4.78. The first kappa shape index (κ1) is 13.6. The number of hydrogen-bond acceptors (Lipinski definition) is 3. The summed E-state index contributed by atoms with van der Waals surface area (Å²) < 4.78 is 2.13. The molecular weight excluding hydrogens is 224 g/mol. The summed E-state index contributed by atoms with van der Waals surface area (Å²) >= 11 is 0. The molecule has 1 aromatic rings. The van der Waals surface area contributed by atoms with Crippen LogP contribution in [-0.2, 0) is 13.1 Å². The van der Waals surface area contributed by atoms with E-state index in [4.69, 9.17) is 5.73 Å². The minimum Gasteiger partial charge on any atom is -0.330 e. The summed E-state index contributed by atoms with van der Waals surface area (Å²) in [5.41, 5.74) is 8.12. The molecular formula is C14H26N4. The van der Waals surface area contributed by atoms with Crippen molar-refractivity contribution in [1.82, 2.24) is 14.7 Å². The van der Waals surface area contributed by atoms with Crippen LogP contribution in [-0.4, -0.2) is 33.8 Å². The summed E-state index contributed by atoms with van der Waals surface area (Å²) in [6.45, 7) is 8.12. The van der Waals surface area contributed by atoms with E-state index in [0.29, 0.717) is 0 Å². The first-order chi connectivity index (χ1) is 8.74. The van der Waals surface area contributed by atoms with Gasteiger partial charge in [-0.15, -0.1) is 0 Å². The molecule has 1 heterocycles. The van der Waals surface area contributed by atoms with Gasteiger partial charge in [-0.25, -0.2) is 0 Å². The van der Waals surface area contributed by atoms with Crippen LogP contribution in [0.25, 0.3) is 0 Å². The third-order valence-corrected chi connectivity index (χ3v) is 3.89. The van der Waals surface area contributed by atoms with Gasteiger partial charge < -0.3 is 5.73 Å². The molecule has 4 heteroatoms. The number of aryl methyl sites for hydroxylation is 2. The monoisotopic (exact) mass is 250 g/mol. The molecule has 2 rings (SSSR count). The van der Waals surface area contributed by atoms with Gasteiger partial charge in [0.2, 0.25) is 0 Å². The highest BCUT2D eigenvalue weighted by molar-refractivity contribution is 5.09. The van der Waals surface area contributed by atoms with Crippen LogP contribution in [0.3, 0.4) is 0 Å². The molecule has 4 nitrogen and oxygen atoms in total. The van der Waals surface area contributed by atoms with E-state index in [2.05, 4.69) is 34.6 Å². The second kappa shape index (κ2) is 6.34. The van der Waals surface area contributed by atoms with Crippen molar-refractivity contribution in [3.05, 3.63) is 17.5 Å². The summed E-state index contributed by atoms with van der Waals surface area (Å²) in [5.74, 6) is 0. The number of hydrogen-bond donors (Lipinski definition) is 1. The van der Waals surface area contributed by atoms with Gasteiger partial charge >= 0.3 is 0 Å². The van der Waals surface area contributed by atoms with Crippen LogP contribution in [0.1, 0.15) is 44.0 Å². The molecule has 0 bridgehead atoms. The maximum atomic E-state index is 5.65. The molecule has 0 aliphatic heterocycles. The van der Waals surface area contributed by atoms with Crippen molar-refractivity contribution in [3.63, 3.8) is 0 Å². The predicted octanol–water partition coefficient (Wildman–Crippen LogP) is 1.91. The molecule has 1 aromatic heterocycles. The summed E-state index contributed by atoms with van der Waals surface area (Å²) in [5, 5.41) is 4.53. The fraction of sp³-hybridized carbons (Fsp3) is 0.786. The standard InChI is InChI=1S/C14H26N4/c1-3-18-14(10-12(2)16-18)11-17(9-5-8-15)13-6-4-7-13/h10,13H,3-9,11,15H2,1-2H3. The quantitative estimate of drug-likeness (QED) is 0.804. The smallest absolute Gasteiger partial charge is 0.0597 e. The number of rotatable bonds is 7. The first-order valence-corrected chi connectivity index (χ1v) is 7.22. The van der Waals surface area contributed by atoms with Crippen LogP contribution < -0.4 is 5.73 Å². The zero-order valence-electron chi connectivity index (χ0n) is 11.7. The highest BCUT2D eigenvalue weighted by atomic mass is 15.3. The zero-order chi connectivity index (χ0) is 13.0. The summed E-state index contributed by atoms with van der Waals surface area (Å²) in [6, 6.07) is 2.99. The van der Waals surface area contributed by atoms with E-state index in [9.17, 15) is 0 Å². The van der Waals surface area contributed by atoms with E-state index < -0.39 is 0 Å². The van der Waals surface area contributed by atoms with Gasteiger partial charge in [-0.2, -0.15) is 5.10 Å². The van der Waals surface area contributed by atoms with Crippen LogP contribution in [0, 0.1) is 6.92 Å². The lowest BCUT2D eigenvalue weighted by Crippen LogP contribution is -2.41. The van der Waals surface area contributed by atoms with Gasteiger partial charge in [0.15, 0.2) is 0 Å². The molecule has 1 saturated carbocycles. The fourth-order valence-electron chi connectivity index (χ4n) is 2.65. The van der Waals surface area contributed by atoms with Crippen molar-refractivity contribution in [2.45, 2.75) is 58.7 Å². The molecule has 0 aromatic carbocycles. The van der Waals surface area contributed by atoms with Crippen molar-refractivity contribution in [1.29, 1.82) is 0 Å². The normalized spacial score (nSPS) is 16.2. The number of nitrogens with two attached hydrogens (primary N) is 1. The van der Waals surface area contributed by atoms with Crippen LogP contribution >= 0.6 is 0 Å². The maximum absolute atomic E-state index is 5.65. The molecule has 0 unspecified atom stereocenters. The van der Waals surface area contributed by atoms with Gasteiger partial charge in [-0.3, -0.25) is 9.58 Å². The van der Waals surface area contributed by atoms with Crippen molar-refractivity contribution in [2.75, 3.05) is 13.1 Å². The highest BCUT2D eigenvalue weighted by Gasteiger charge is 2.25. The Morgan fingerprint density at radius 3 is 2.83 bits per heavy atom. The maximum Gasteiger partial charge on any atom is 0.0597 e. The van der Waals surface area contributed by atoms with Crippen molar-refractivity contribution in [3.8, 4) is 0 Å². The Morgan fingerprint density at radius 2 is 2.28 bits per heavy atom. The van der Waals surface area contributed by atoms with E-state index in [1.165, 1.54) is 25.0 Å². The second-order valence-electron chi connectivity index (χ2n) is 5.29. The topological polar surface area (TPSA) is 47.1 Å². The van der Waals surface area contributed by atoms with Crippen molar-refractivity contribution < 1.29 is 0 Å². The Balaban J connectivity index is 2.01. The summed E-state index contributed by atoms with van der Waals surface area (Å²) in [7, 11) is 0. The predicted molar refractivity (Wildman–Crippen MR) is 74.4 cm³/mol. The number of nitrogens with zero attached hydrogens (tertiary/aromatic N) is 3. The lowest BCUT2D eigenvalue weighted by Gasteiger charge is -2.37. The van der Waals surface area contributed by atoms with Gasteiger partial charge in [0.05, 0.1) is 11.4 Å². The molecule has 0 amide bonds. The SMILES string of the molecule is CCn1nc(C)cc1CN(CCCN)C1CCC1. The largest absolute Gasteiger partial charge is 0.330 e. The van der Waals surface area contributed by atoms with Gasteiger partial charge in [0.25, 0.3) is 0 Å². The van der Waals surface area contributed by atoms with E-state index in [1.54, 1.807) is 0 Å². The van der Waals surface area contributed by atoms with Crippen LogP contribution in [0.15, 0.2) is 6.07 Å². The van der Waals surface area contributed by atoms with E-state index in [-0.39, 0.29) is 0 Å². The van der Waals surface area contributed by atoms with Gasteiger partial charge in [-0.1, -0.05) is 6.42 Å². The lowest BCUT2D eigenvalue weighted by molar-refractivity contribution is 0.115. The molecule has 18 heavy (non-hydrogen) atoms. The van der Waals surface area contributed by atoms with E-state index >= 15 is 0 Å². The molecule has 1 aliphatic rings. The van der Waals surface area contributed by atoms with E-state index in [1.807, 2.05) is 0 Å². The van der Waals surface area contributed by atoms with Crippen LogP contribution in [0.5, 0.6) is 0 Å². The molecule has 102 valence electrons. The number of aromatic nitrogens is 2. The highest BCUT2D eigenvalue weighted by Crippen LogP contribution is 2.26. The molecule has 1 fully saturated rings. The molecule has 2 N–H and O–H groups in total. The summed E-state index contributed by atoms with van der Waals surface area (Å²) in [4.78, 5) is 2.60. The lowest BCUT2D eigenvalue weighted by atomic mass is 9.91. The third kappa shape index (κ3) is 3.12. The van der Waals surface area contributed by atoms with Gasteiger partial charge in [0, 0.05) is 25.7 Å². The average Bonchev–Trinajstić information content (AvgIpc) is 2.64. The molecule has 0 radical (unpaired) electrons. The minimum absolute atomic E-state index is 0.775. The van der Waals surface area contributed by atoms with Crippen molar-refractivity contribution in [2.24, 2.45) is 5.73 Å². The Bertz CT molecular complexity index is 368. The zero-order valence-corrected chi connectivity index (χ0v) is 11.7. The molecule has 0 saturated heterocycles. The third-order valence-electron chi connectivity index (χ3n) is 3.89. The Labute approximate surface area is 110 Å². The molecule has 0 atom stereocenters. The fourth-order valence-corrected chi connectivity index (χ4v) is 2.65. The van der Waals surface area contributed by atoms with E-state index in [0.717, 1.165) is 44.3 Å². The first-order valence-electron chi connectivity index (χ1n) is 7.22. The Morgan fingerprint density at radius 1 is 1.50 bits per heavy atom.